The Kier molecular flexibility index (Phi) is 3.16. The molecular weight excluding hydrogens is 174 g/mol. The largest absolute Gasteiger partial charge is 0.315 e. The predicted octanol–water partition coefficient (Wildman–Crippen LogP) is 2.94. The van der Waals surface area contributed by atoms with Gasteiger partial charge in [-0.05, 0) is 12.1 Å². The van der Waals surface area contributed by atoms with Crippen molar-refractivity contribution in [1.82, 2.24) is 0 Å². The van der Waals surface area contributed by atoms with E-state index in [9.17, 15) is 0 Å². The fourth-order valence-electron chi connectivity index (χ4n) is 0.812. The number of rotatable bonds is 1. The van der Waals surface area contributed by atoms with Crippen molar-refractivity contribution in [2.24, 2.45) is 0 Å². The molecule has 13 heavy (non-hydrogen) atoms. The van der Waals surface area contributed by atoms with Gasteiger partial charge in [-0.3, -0.25) is 0 Å². The maximum Gasteiger partial charge on any atom is 0.131 e. The number of anilines is 1. The lowest BCUT2D eigenvalue weighted by atomic mass is 10.3. The minimum Gasteiger partial charge on any atom is -0.315 e. The van der Waals surface area contributed by atoms with Crippen molar-refractivity contribution in [2.75, 3.05) is 5.32 Å². The third-order valence-electron chi connectivity index (χ3n) is 1.42. The second-order valence-electron chi connectivity index (χ2n) is 3.99. The molecule has 1 nitrogen and oxygen atoms in total. The summed E-state index contributed by atoms with van der Waals surface area (Å²) in [7, 11) is -1.23. The molecule has 68 valence electrons. The smallest absolute Gasteiger partial charge is 0.131 e. The molecule has 0 aliphatic rings. The van der Waals surface area contributed by atoms with E-state index in [0.29, 0.717) is 0 Å². The van der Waals surface area contributed by atoms with Gasteiger partial charge in [0.2, 0.25) is 0 Å². The molecule has 1 aromatic carbocycles. The third-order valence-corrected chi connectivity index (χ3v) is 2.29. The molecule has 0 bridgehead atoms. The summed E-state index contributed by atoms with van der Waals surface area (Å²) in [6.45, 7) is 6.69. The molecule has 0 saturated carbocycles. The highest BCUT2D eigenvalue weighted by Crippen LogP contribution is 2.03. The molecule has 1 rings (SSSR count). The zero-order valence-corrected chi connectivity index (χ0v) is 9.39. The second kappa shape index (κ2) is 4.15. The lowest BCUT2D eigenvalue weighted by molar-refractivity contribution is 1.63. The summed E-state index contributed by atoms with van der Waals surface area (Å²) in [4.78, 5) is 0. The first-order chi connectivity index (χ1) is 6.08. The van der Waals surface area contributed by atoms with Gasteiger partial charge in [0.1, 0.15) is 8.07 Å². The topological polar surface area (TPSA) is 12.0 Å². The van der Waals surface area contributed by atoms with Gasteiger partial charge in [0.05, 0.1) is 0 Å². The Morgan fingerprint density at radius 1 is 1.08 bits per heavy atom. The van der Waals surface area contributed by atoms with E-state index in [1.165, 1.54) is 0 Å². The lowest BCUT2D eigenvalue weighted by Crippen LogP contribution is -2.16. The first-order valence-electron chi connectivity index (χ1n) is 4.41. The second-order valence-corrected chi connectivity index (χ2v) is 8.74. The summed E-state index contributed by atoms with van der Waals surface area (Å²) in [6, 6.07) is 13.0. The number of nitrogens with one attached hydrogen (secondary N) is 1. The first kappa shape index (κ1) is 9.88. The molecule has 0 spiro atoms. The summed E-state index contributed by atoms with van der Waals surface area (Å²) >= 11 is 0. The van der Waals surface area contributed by atoms with E-state index in [1.54, 1.807) is 0 Å². The van der Waals surface area contributed by atoms with Crippen molar-refractivity contribution in [3.63, 3.8) is 0 Å². The van der Waals surface area contributed by atoms with E-state index in [-0.39, 0.29) is 0 Å². The Morgan fingerprint density at radius 3 is 2.23 bits per heavy atom. The van der Waals surface area contributed by atoms with Gasteiger partial charge in [-0.1, -0.05) is 37.8 Å². The summed E-state index contributed by atoms with van der Waals surface area (Å²) < 4.78 is 0. The molecule has 0 aliphatic heterocycles. The highest BCUT2D eigenvalue weighted by atomic mass is 28.3. The SMILES string of the molecule is C[Si](C)(C)C#CNc1ccccc1. The van der Waals surface area contributed by atoms with Gasteiger partial charge in [0, 0.05) is 11.7 Å². The van der Waals surface area contributed by atoms with E-state index in [1.807, 2.05) is 30.3 Å². The molecule has 0 saturated heterocycles. The molecule has 0 atom stereocenters. The van der Waals surface area contributed by atoms with Gasteiger partial charge in [-0.15, -0.1) is 5.54 Å². The van der Waals surface area contributed by atoms with Crippen molar-refractivity contribution in [1.29, 1.82) is 0 Å². The van der Waals surface area contributed by atoms with Crippen LogP contribution in [0, 0.1) is 11.6 Å². The predicted molar refractivity (Wildman–Crippen MR) is 61.2 cm³/mol. The Balaban J connectivity index is 2.56. The van der Waals surface area contributed by atoms with Gasteiger partial charge in [0.15, 0.2) is 0 Å². The first-order valence-corrected chi connectivity index (χ1v) is 7.91. The van der Waals surface area contributed by atoms with Crippen LogP contribution in [0.25, 0.3) is 0 Å². The molecule has 1 aromatic rings. The standard InChI is InChI=1S/C11H15NSi/c1-13(2,3)10-9-12-11-7-5-4-6-8-11/h4-8,12H,1-3H3. The van der Waals surface area contributed by atoms with Crippen LogP contribution < -0.4 is 5.32 Å². The van der Waals surface area contributed by atoms with Crippen LogP contribution in [0.15, 0.2) is 30.3 Å². The van der Waals surface area contributed by atoms with Gasteiger partial charge >= 0.3 is 0 Å². The Hall–Kier alpha value is -1.20. The van der Waals surface area contributed by atoms with Gasteiger partial charge < -0.3 is 5.32 Å². The number of hydrogen-bond donors (Lipinski definition) is 1. The average molecular weight is 189 g/mol. The van der Waals surface area contributed by atoms with Crippen LogP contribution in [0.2, 0.25) is 19.6 Å². The summed E-state index contributed by atoms with van der Waals surface area (Å²) in [5.41, 5.74) is 4.31. The molecule has 0 fully saturated rings. The minimum atomic E-state index is -1.23. The highest BCUT2D eigenvalue weighted by molar-refractivity contribution is 6.83. The van der Waals surface area contributed by atoms with E-state index >= 15 is 0 Å². The maximum absolute atomic E-state index is 3.25. The molecule has 2 heteroatoms. The quantitative estimate of drug-likeness (QED) is 0.407. The van der Waals surface area contributed by atoms with E-state index in [4.69, 9.17) is 0 Å². The molecule has 0 radical (unpaired) electrons. The molecule has 0 aliphatic carbocycles. The van der Waals surface area contributed by atoms with Crippen LogP contribution in [0.4, 0.5) is 5.69 Å². The van der Waals surface area contributed by atoms with E-state index in [0.717, 1.165) is 5.69 Å². The maximum atomic E-state index is 3.25. The molecular formula is C11H15NSi. The number of para-hydroxylation sites is 1. The molecule has 0 unspecified atom stereocenters. The van der Waals surface area contributed by atoms with Crippen molar-refractivity contribution in [3.8, 4) is 11.6 Å². The highest BCUT2D eigenvalue weighted by Gasteiger charge is 2.07. The van der Waals surface area contributed by atoms with Crippen LogP contribution in [-0.4, -0.2) is 8.07 Å². The average Bonchev–Trinajstić information content (AvgIpc) is 2.04. The minimum absolute atomic E-state index is 1.06. The van der Waals surface area contributed by atoms with Crippen molar-refractivity contribution in [2.45, 2.75) is 19.6 Å². The molecule has 0 aromatic heterocycles. The number of benzene rings is 1. The zero-order chi connectivity index (χ0) is 9.73. The Bertz CT molecular complexity index is 313. The molecule has 0 heterocycles. The van der Waals surface area contributed by atoms with Gasteiger partial charge in [-0.2, -0.15) is 0 Å². The Labute approximate surface area is 81.2 Å². The van der Waals surface area contributed by atoms with E-state index in [2.05, 4.69) is 36.5 Å². The lowest BCUT2D eigenvalue weighted by Gasteiger charge is -2.03. The summed E-state index contributed by atoms with van der Waals surface area (Å²) in [5, 5.41) is 3.07. The summed E-state index contributed by atoms with van der Waals surface area (Å²) in [6.07, 6.45) is 0. The van der Waals surface area contributed by atoms with Crippen molar-refractivity contribution >= 4 is 13.8 Å². The van der Waals surface area contributed by atoms with E-state index < -0.39 is 8.07 Å². The van der Waals surface area contributed by atoms with Crippen LogP contribution >= 0.6 is 0 Å². The van der Waals surface area contributed by atoms with Gasteiger partial charge in [-0.25, -0.2) is 0 Å². The van der Waals surface area contributed by atoms with Crippen molar-refractivity contribution in [3.05, 3.63) is 30.3 Å². The zero-order valence-electron chi connectivity index (χ0n) is 8.39. The fourth-order valence-corrected chi connectivity index (χ4v) is 1.25. The van der Waals surface area contributed by atoms with Gasteiger partial charge in [0.25, 0.3) is 0 Å². The normalized spacial score (nSPS) is 10.1. The molecule has 1 N–H and O–H groups in total. The van der Waals surface area contributed by atoms with Crippen LogP contribution in [0.1, 0.15) is 0 Å². The van der Waals surface area contributed by atoms with Crippen LogP contribution in [0.5, 0.6) is 0 Å². The Morgan fingerprint density at radius 2 is 1.69 bits per heavy atom. The number of hydrogen-bond acceptors (Lipinski definition) is 1. The third kappa shape index (κ3) is 4.39. The summed E-state index contributed by atoms with van der Waals surface area (Å²) in [5.74, 6) is 0. The fraction of sp³-hybridized carbons (Fsp3) is 0.273. The van der Waals surface area contributed by atoms with Crippen molar-refractivity contribution < 1.29 is 0 Å². The van der Waals surface area contributed by atoms with Crippen LogP contribution in [-0.2, 0) is 0 Å². The monoisotopic (exact) mass is 189 g/mol. The molecule has 0 amide bonds. The van der Waals surface area contributed by atoms with Crippen LogP contribution in [0.3, 0.4) is 0 Å².